The van der Waals surface area contributed by atoms with Gasteiger partial charge in [0.15, 0.2) is 0 Å². The minimum atomic E-state index is -0.511. The van der Waals surface area contributed by atoms with Crippen LogP contribution in [0.2, 0.25) is 0 Å². The van der Waals surface area contributed by atoms with Crippen LogP contribution < -0.4 is 11.1 Å². The Morgan fingerprint density at radius 2 is 1.89 bits per heavy atom. The fourth-order valence-electron chi connectivity index (χ4n) is 1.72. The van der Waals surface area contributed by atoms with E-state index in [2.05, 4.69) is 5.32 Å². The van der Waals surface area contributed by atoms with Crippen LogP contribution >= 0.6 is 12.4 Å². The summed E-state index contributed by atoms with van der Waals surface area (Å²) in [7, 11) is 0. The van der Waals surface area contributed by atoms with Gasteiger partial charge in [0.1, 0.15) is 5.82 Å². The molecule has 0 heterocycles. The van der Waals surface area contributed by atoms with Gasteiger partial charge in [-0.2, -0.15) is 0 Å². The fraction of sp³-hybridized carbons (Fsp3) is 0.462. The van der Waals surface area contributed by atoms with Crippen molar-refractivity contribution in [1.29, 1.82) is 0 Å². The van der Waals surface area contributed by atoms with Crippen molar-refractivity contribution in [3.05, 3.63) is 35.6 Å². The highest BCUT2D eigenvalue weighted by Crippen LogP contribution is 2.15. The molecule has 0 spiro atoms. The molecule has 0 saturated heterocycles. The lowest BCUT2D eigenvalue weighted by Crippen LogP contribution is -2.53. The van der Waals surface area contributed by atoms with E-state index >= 15 is 0 Å². The van der Waals surface area contributed by atoms with Crippen molar-refractivity contribution in [1.82, 2.24) is 5.32 Å². The molecular formula is C13H20ClFN2O. The van der Waals surface area contributed by atoms with Crippen molar-refractivity contribution in [2.45, 2.75) is 32.2 Å². The number of amides is 1. The molecule has 1 aromatic carbocycles. The number of nitrogens with two attached hydrogens (primary N) is 1. The summed E-state index contributed by atoms with van der Waals surface area (Å²) in [5, 5.41) is 2.83. The summed E-state index contributed by atoms with van der Waals surface area (Å²) in [5.74, 6) is -0.916. The zero-order valence-electron chi connectivity index (χ0n) is 10.7. The molecule has 0 aliphatic rings. The van der Waals surface area contributed by atoms with E-state index in [0.29, 0.717) is 6.54 Å². The monoisotopic (exact) mass is 274 g/mol. The zero-order chi connectivity index (χ0) is 12.9. The minimum absolute atomic E-state index is 0. The van der Waals surface area contributed by atoms with Gasteiger partial charge in [-0.15, -0.1) is 12.4 Å². The van der Waals surface area contributed by atoms with Crippen LogP contribution in [-0.4, -0.2) is 18.0 Å². The van der Waals surface area contributed by atoms with E-state index in [1.807, 2.05) is 13.8 Å². The molecule has 102 valence electrons. The van der Waals surface area contributed by atoms with Crippen molar-refractivity contribution in [2.24, 2.45) is 5.73 Å². The maximum atomic E-state index is 13.4. The van der Waals surface area contributed by atoms with Crippen LogP contribution in [0.3, 0.4) is 0 Å². The summed E-state index contributed by atoms with van der Waals surface area (Å²) in [5.41, 5.74) is 5.30. The molecule has 5 heteroatoms. The first-order valence-electron chi connectivity index (χ1n) is 5.85. The van der Waals surface area contributed by atoms with Gasteiger partial charge in [-0.25, -0.2) is 4.39 Å². The van der Waals surface area contributed by atoms with Gasteiger partial charge < -0.3 is 11.1 Å². The van der Waals surface area contributed by atoms with E-state index in [1.54, 1.807) is 12.1 Å². The number of rotatable bonds is 5. The summed E-state index contributed by atoms with van der Waals surface area (Å²) in [6.07, 6.45) is 1.44. The second kappa shape index (κ2) is 7.34. The minimum Gasteiger partial charge on any atom is -0.345 e. The van der Waals surface area contributed by atoms with Gasteiger partial charge in [0, 0.05) is 6.54 Å². The highest BCUT2D eigenvalue weighted by Gasteiger charge is 2.27. The Balaban J connectivity index is 0.00000289. The largest absolute Gasteiger partial charge is 0.345 e. The number of carbonyl (C=O) groups is 1. The van der Waals surface area contributed by atoms with Crippen LogP contribution in [0.25, 0.3) is 0 Å². The smallest absolute Gasteiger partial charge is 0.254 e. The van der Waals surface area contributed by atoms with Crippen LogP contribution in [0.15, 0.2) is 24.3 Å². The van der Waals surface area contributed by atoms with Gasteiger partial charge in [0.25, 0.3) is 5.91 Å². The third-order valence-electron chi connectivity index (χ3n) is 3.24. The molecule has 3 nitrogen and oxygen atoms in total. The quantitative estimate of drug-likeness (QED) is 0.867. The Labute approximate surface area is 113 Å². The Kier molecular flexibility index (Phi) is 6.88. The second-order valence-electron chi connectivity index (χ2n) is 4.13. The van der Waals surface area contributed by atoms with Crippen molar-refractivity contribution < 1.29 is 9.18 Å². The lowest BCUT2D eigenvalue weighted by Gasteiger charge is -2.31. The van der Waals surface area contributed by atoms with Crippen molar-refractivity contribution in [3.63, 3.8) is 0 Å². The summed E-state index contributed by atoms with van der Waals surface area (Å²) in [6, 6.07) is 5.94. The first-order chi connectivity index (χ1) is 8.08. The SMILES string of the molecule is CCC(CC)(CN)NC(=O)c1ccccc1F.Cl. The van der Waals surface area contributed by atoms with E-state index in [0.717, 1.165) is 12.8 Å². The van der Waals surface area contributed by atoms with Gasteiger partial charge in [-0.05, 0) is 25.0 Å². The fourth-order valence-corrected chi connectivity index (χ4v) is 1.72. The van der Waals surface area contributed by atoms with E-state index in [-0.39, 0.29) is 18.0 Å². The molecule has 0 saturated carbocycles. The van der Waals surface area contributed by atoms with Crippen LogP contribution in [0.4, 0.5) is 4.39 Å². The molecule has 0 bridgehead atoms. The van der Waals surface area contributed by atoms with Crippen LogP contribution in [0.5, 0.6) is 0 Å². The highest BCUT2D eigenvalue weighted by atomic mass is 35.5. The molecule has 0 aromatic heterocycles. The molecule has 18 heavy (non-hydrogen) atoms. The van der Waals surface area contributed by atoms with E-state index in [4.69, 9.17) is 5.73 Å². The van der Waals surface area contributed by atoms with Crippen molar-refractivity contribution >= 4 is 18.3 Å². The van der Waals surface area contributed by atoms with Crippen LogP contribution in [0.1, 0.15) is 37.0 Å². The number of nitrogens with one attached hydrogen (secondary N) is 1. The molecule has 1 rings (SSSR count). The van der Waals surface area contributed by atoms with Gasteiger partial charge in [0.05, 0.1) is 11.1 Å². The third kappa shape index (κ3) is 3.68. The van der Waals surface area contributed by atoms with Gasteiger partial charge >= 0.3 is 0 Å². The maximum absolute atomic E-state index is 13.4. The molecule has 0 fully saturated rings. The normalized spacial score (nSPS) is 10.7. The average Bonchev–Trinajstić information content (AvgIpc) is 2.36. The summed E-state index contributed by atoms with van der Waals surface area (Å²) < 4.78 is 13.4. The first-order valence-corrected chi connectivity index (χ1v) is 5.85. The zero-order valence-corrected chi connectivity index (χ0v) is 11.5. The topological polar surface area (TPSA) is 55.1 Å². The molecule has 0 aliphatic heterocycles. The Bertz CT molecular complexity index is 386. The Morgan fingerprint density at radius 3 is 2.33 bits per heavy atom. The maximum Gasteiger partial charge on any atom is 0.254 e. The van der Waals surface area contributed by atoms with Crippen LogP contribution in [-0.2, 0) is 0 Å². The molecule has 0 radical (unpaired) electrons. The van der Waals surface area contributed by atoms with Crippen molar-refractivity contribution in [3.8, 4) is 0 Å². The molecule has 1 amide bonds. The molecule has 0 atom stereocenters. The highest BCUT2D eigenvalue weighted by molar-refractivity contribution is 5.94. The summed E-state index contributed by atoms with van der Waals surface area (Å²) in [4.78, 5) is 12.0. The Hall–Kier alpha value is -1.13. The van der Waals surface area contributed by atoms with Gasteiger partial charge in [0.2, 0.25) is 0 Å². The third-order valence-corrected chi connectivity index (χ3v) is 3.24. The number of hydrogen-bond donors (Lipinski definition) is 2. The first kappa shape index (κ1) is 16.9. The predicted molar refractivity (Wildman–Crippen MR) is 73.5 cm³/mol. The lowest BCUT2D eigenvalue weighted by molar-refractivity contribution is 0.0891. The van der Waals surface area contributed by atoms with Crippen LogP contribution in [0, 0.1) is 5.82 Å². The molecule has 0 aliphatic carbocycles. The second-order valence-corrected chi connectivity index (χ2v) is 4.13. The van der Waals surface area contributed by atoms with E-state index < -0.39 is 17.3 Å². The standard InChI is InChI=1S/C13H19FN2O.ClH/c1-3-13(4-2,9-15)16-12(17)10-7-5-6-8-11(10)14;/h5-8H,3-4,9,15H2,1-2H3,(H,16,17);1H. The number of hydrogen-bond acceptors (Lipinski definition) is 2. The Morgan fingerprint density at radius 1 is 1.33 bits per heavy atom. The summed E-state index contributed by atoms with van der Waals surface area (Å²) >= 11 is 0. The number of halogens is 2. The number of benzene rings is 1. The summed E-state index contributed by atoms with van der Waals surface area (Å²) in [6.45, 7) is 4.26. The molecule has 1 aromatic rings. The van der Waals surface area contributed by atoms with Crippen molar-refractivity contribution in [2.75, 3.05) is 6.54 Å². The molecule has 0 unspecified atom stereocenters. The van der Waals surface area contributed by atoms with Gasteiger partial charge in [-0.1, -0.05) is 26.0 Å². The van der Waals surface area contributed by atoms with Gasteiger partial charge in [-0.3, -0.25) is 4.79 Å². The van der Waals surface area contributed by atoms with E-state index in [9.17, 15) is 9.18 Å². The average molecular weight is 275 g/mol. The lowest BCUT2D eigenvalue weighted by atomic mass is 9.92. The number of carbonyl (C=O) groups excluding carboxylic acids is 1. The molecular weight excluding hydrogens is 255 g/mol. The van der Waals surface area contributed by atoms with E-state index in [1.165, 1.54) is 12.1 Å². The predicted octanol–water partition coefficient (Wildman–Crippen LogP) is 2.49. The molecule has 3 N–H and O–H groups in total.